The number of aromatic nitrogens is 1. The van der Waals surface area contributed by atoms with E-state index in [-0.39, 0.29) is 10.7 Å². The maximum atomic E-state index is 13.0. The molecule has 1 aliphatic rings. The summed E-state index contributed by atoms with van der Waals surface area (Å²) in [5.41, 5.74) is 0.402. The van der Waals surface area contributed by atoms with Crippen LogP contribution in [0.1, 0.15) is 24.8 Å². The number of rotatable bonds is 6. The minimum atomic E-state index is -3.59. The van der Waals surface area contributed by atoms with Gasteiger partial charge in [0, 0.05) is 52.6 Å². The average Bonchev–Trinajstić information content (AvgIpc) is 2.88. The van der Waals surface area contributed by atoms with Crippen LogP contribution in [0.5, 0.6) is 0 Å². The fourth-order valence-electron chi connectivity index (χ4n) is 2.65. The maximum absolute atomic E-state index is 13.0. The van der Waals surface area contributed by atoms with Crippen LogP contribution in [0.3, 0.4) is 0 Å². The summed E-state index contributed by atoms with van der Waals surface area (Å²) in [7, 11) is 0.138. The molecule has 2 rings (SSSR count). The third-order valence-electron chi connectivity index (χ3n) is 3.83. The van der Waals surface area contributed by atoms with Gasteiger partial charge < -0.3 is 14.3 Å². The number of sulfonamides is 1. The molecule has 8 heteroatoms. The van der Waals surface area contributed by atoms with E-state index in [1.807, 2.05) is 19.0 Å². The third kappa shape index (κ3) is 4.13. The van der Waals surface area contributed by atoms with Crippen LogP contribution >= 0.6 is 0 Å². The Morgan fingerprint density at radius 3 is 2.48 bits per heavy atom. The topological polar surface area (TPSA) is 69.9 Å². The summed E-state index contributed by atoms with van der Waals surface area (Å²) in [5, 5.41) is 3.84. The van der Waals surface area contributed by atoms with Crippen molar-refractivity contribution < 1.29 is 12.9 Å². The zero-order chi connectivity index (χ0) is 17.0. The highest BCUT2D eigenvalue weighted by Gasteiger charge is 2.33. The molecule has 1 aliphatic heterocycles. The Balaban J connectivity index is 2.22. The molecule has 1 aromatic heterocycles. The smallest absolute Gasteiger partial charge is 0.248 e. The molecule has 1 fully saturated rings. The molecule has 23 heavy (non-hydrogen) atoms. The van der Waals surface area contributed by atoms with Crippen molar-refractivity contribution in [3.63, 3.8) is 0 Å². The molecule has 1 saturated heterocycles. The lowest BCUT2D eigenvalue weighted by atomic mass is 10.3. The average molecular weight is 342 g/mol. The van der Waals surface area contributed by atoms with Gasteiger partial charge in [0.25, 0.3) is 0 Å². The van der Waals surface area contributed by atoms with E-state index in [1.165, 1.54) is 4.31 Å². The van der Waals surface area contributed by atoms with E-state index >= 15 is 0 Å². The molecular formula is C15H26N4O3S. The van der Waals surface area contributed by atoms with Gasteiger partial charge in [-0.1, -0.05) is 12.1 Å². The molecule has 0 aliphatic carbocycles. The summed E-state index contributed by atoms with van der Waals surface area (Å²) in [4.78, 5) is 4.29. The van der Waals surface area contributed by atoms with Crippen LogP contribution in [0.4, 0.5) is 0 Å². The van der Waals surface area contributed by atoms with Gasteiger partial charge in [0.2, 0.25) is 10.0 Å². The van der Waals surface area contributed by atoms with Crippen molar-refractivity contribution in [3.8, 4) is 0 Å². The van der Waals surface area contributed by atoms with Gasteiger partial charge >= 0.3 is 0 Å². The molecule has 0 radical (unpaired) electrons. The normalized spacial score (nSPS) is 17.9. The molecule has 0 spiro atoms. The number of hydrogen-bond acceptors (Lipinski definition) is 6. The highest BCUT2D eigenvalue weighted by atomic mass is 32.2. The van der Waals surface area contributed by atoms with Gasteiger partial charge in [-0.15, -0.1) is 0 Å². The molecule has 0 N–H and O–H groups in total. The van der Waals surface area contributed by atoms with Gasteiger partial charge in [-0.05, 0) is 19.9 Å². The third-order valence-corrected chi connectivity index (χ3v) is 5.88. The number of nitrogens with zero attached hydrogens (tertiary/aromatic N) is 4. The second-order valence-corrected chi connectivity index (χ2v) is 7.86. The predicted molar refractivity (Wildman–Crippen MR) is 89.5 cm³/mol. The first-order chi connectivity index (χ1) is 10.9. The van der Waals surface area contributed by atoms with E-state index in [1.54, 1.807) is 19.2 Å². The lowest BCUT2D eigenvalue weighted by Gasteiger charge is -2.33. The fraction of sp³-hybridized carbons (Fsp3) is 0.667. The molecule has 0 unspecified atom stereocenters. The maximum Gasteiger partial charge on any atom is 0.248 e. The molecular weight excluding hydrogens is 316 g/mol. The quantitative estimate of drug-likeness (QED) is 0.774. The minimum Gasteiger partial charge on any atom is -0.383 e. The summed E-state index contributed by atoms with van der Waals surface area (Å²) in [6, 6.07) is 0. The minimum absolute atomic E-state index is 0.180. The van der Waals surface area contributed by atoms with E-state index in [4.69, 9.17) is 4.52 Å². The lowest BCUT2D eigenvalue weighted by Crippen LogP contribution is -2.48. The highest BCUT2D eigenvalue weighted by Crippen LogP contribution is 2.26. The number of hydrogen-bond donors (Lipinski definition) is 0. The van der Waals surface area contributed by atoms with Gasteiger partial charge in [-0.2, -0.15) is 4.31 Å². The Bertz CT molecular complexity index is 644. The standard InChI is InChI=1S/C15H26N4O3S/c1-5-7-18-9-11-19(12-10-18)23(20,21)15-13(2)16-22-14(15)6-8-17(3)4/h6,8H,5,7,9-12H2,1-4H3/b8-6+. The fourth-order valence-corrected chi connectivity index (χ4v) is 4.33. The van der Waals surface area contributed by atoms with E-state index in [2.05, 4.69) is 17.0 Å². The number of piperazine rings is 1. The summed E-state index contributed by atoms with van der Waals surface area (Å²) in [6.45, 7) is 7.34. The SMILES string of the molecule is CCCN1CCN(S(=O)(=O)c2c(C)noc2/C=C/N(C)C)CC1. The zero-order valence-electron chi connectivity index (χ0n) is 14.3. The lowest BCUT2D eigenvalue weighted by molar-refractivity contribution is 0.188. The zero-order valence-corrected chi connectivity index (χ0v) is 15.1. The predicted octanol–water partition coefficient (Wildman–Crippen LogP) is 1.23. The molecule has 0 bridgehead atoms. The van der Waals surface area contributed by atoms with Crippen molar-refractivity contribution in [2.75, 3.05) is 46.8 Å². The first kappa shape index (κ1) is 18.0. The first-order valence-corrected chi connectivity index (χ1v) is 9.33. The van der Waals surface area contributed by atoms with Crippen molar-refractivity contribution in [1.29, 1.82) is 0 Å². The highest BCUT2D eigenvalue weighted by molar-refractivity contribution is 7.89. The Hall–Kier alpha value is -1.38. The van der Waals surface area contributed by atoms with Crippen molar-refractivity contribution in [1.82, 2.24) is 19.3 Å². The Morgan fingerprint density at radius 1 is 1.26 bits per heavy atom. The van der Waals surface area contributed by atoms with Crippen LogP contribution in [0.2, 0.25) is 0 Å². The summed E-state index contributed by atoms with van der Waals surface area (Å²) in [5.74, 6) is 0.284. The summed E-state index contributed by atoms with van der Waals surface area (Å²) >= 11 is 0. The molecule has 2 heterocycles. The molecule has 0 saturated carbocycles. The van der Waals surface area contributed by atoms with Gasteiger partial charge in [-0.3, -0.25) is 0 Å². The second kappa shape index (κ2) is 7.46. The van der Waals surface area contributed by atoms with Gasteiger partial charge in [0.1, 0.15) is 5.69 Å². The Morgan fingerprint density at radius 2 is 1.91 bits per heavy atom. The monoisotopic (exact) mass is 342 g/mol. The van der Waals surface area contributed by atoms with Crippen molar-refractivity contribution in [2.45, 2.75) is 25.2 Å². The molecule has 0 aromatic carbocycles. The van der Waals surface area contributed by atoms with E-state index in [9.17, 15) is 8.42 Å². The summed E-state index contributed by atoms with van der Waals surface area (Å²) < 4.78 is 32.7. The second-order valence-electron chi connectivity index (χ2n) is 5.99. The molecule has 130 valence electrons. The van der Waals surface area contributed by atoms with Crippen LogP contribution < -0.4 is 0 Å². The van der Waals surface area contributed by atoms with Gasteiger partial charge in [-0.25, -0.2) is 8.42 Å². The van der Waals surface area contributed by atoms with Gasteiger partial charge in [0.15, 0.2) is 10.7 Å². The molecule has 1 aromatic rings. The van der Waals surface area contributed by atoms with Crippen molar-refractivity contribution in [2.24, 2.45) is 0 Å². The first-order valence-electron chi connectivity index (χ1n) is 7.89. The largest absolute Gasteiger partial charge is 0.383 e. The summed E-state index contributed by atoms with van der Waals surface area (Å²) in [6.07, 6.45) is 4.47. The van der Waals surface area contributed by atoms with E-state index in [0.29, 0.717) is 18.8 Å². The molecule has 0 atom stereocenters. The van der Waals surface area contributed by atoms with Crippen molar-refractivity contribution >= 4 is 16.1 Å². The van der Waals surface area contributed by atoms with Gasteiger partial charge in [0.05, 0.1) is 0 Å². The van der Waals surface area contributed by atoms with Crippen LogP contribution in [0.25, 0.3) is 6.08 Å². The van der Waals surface area contributed by atoms with Crippen LogP contribution in [0.15, 0.2) is 15.6 Å². The van der Waals surface area contributed by atoms with E-state index < -0.39 is 10.0 Å². The van der Waals surface area contributed by atoms with Crippen LogP contribution in [-0.2, 0) is 10.0 Å². The molecule has 0 amide bonds. The Kier molecular flexibility index (Phi) is 5.83. The van der Waals surface area contributed by atoms with Crippen molar-refractivity contribution in [3.05, 3.63) is 17.7 Å². The van der Waals surface area contributed by atoms with Crippen LogP contribution in [0, 0.1) is 6.92 Å². The Labute approximate surface area is 138 Å². The van der Waals surface area contributed by atoms with E-state index in [0.717, 1.165) is 26.1 Å². The molecule has 7 nitrogen and oxygen atoms in total. The van der Waals surface area contributed by atoms with Crippen LogP contribution in [-0.4, -0.2) is 74.5 Å². The number of aryl methyl sites for hydroxylation is 1.